The van der Waals surface area contributed by atoms with Crippen molar-refractivity contribution in [2.45, 2.75) is 42.9 Å². The quantitative estimate of drug-likeness (QED) is 0.799. The van der Waals surface area contributed by atoms with Crippen molar-refractivity contribution in [2.24, 2.45) is 0 Å². The number of hydrogen-bond donors (Lipinski definition) is 1. The minimum Gasteiger partial charge on any atom is -0.313 e. The summed E-state index contributed by atoms with van der Waals surface area (Å²) in [6.45, 7) is 1.25. The molecule has 0 unspecified atom stereocenters. The molecule has 0 amide bonds. The van der Waals surface area contributed by atoms with Gasteiger partial charge in [0.2, 0.25) is 0 Å². The van der Waals surface area contributed by atoms with Crippen LogP contribution in [0, 0.1) is 0 Å². The lowest BCUT2D eigenvalue weighted by molar-refractivity contribution is 0.324. The Labute approximate surface area is 96.2 Å². The minimum absolute atomic E-state index is 0.616. The first-order chi connectivity index (χ1) is 6.85. The molecule has 0 radical (unpaired) electrons. The van der Waals surface area contributed by atoms with Gasteiger partial charge in [-0.3, -0.25) is 0 Å². The summed E-state index contributed by atoms with van der Waals surface area (Å²) in [5.41, 5.74) is 0. The SMILES string of the molecule is CSC1(CNC2CCSCC2)CCC1. The second-order valence-electron chi connectivity index (χ2n) is 4.51. The Kier molecular flexibility index (Phi) is 4.09. The third kappa shape index (κ3) is 2.61. The van der Waals surface area contributed by atoms with Gasteiger partial charge >= 0.3 is 0 Å². The van der Waals surface area contributed by atoms with Crippen molar-refractivity contribution in [2.75, 3.05) is 24.3 Å². The molecule has 14 heavy (non-hydrogen) atoms. The highest BCUT2D eigenvalue weighted by Crippen LogP contribution is 2.42. The van der Waals surface area contributed by atoms with E-state index in [0.29, 0.717) is 4.75 Å². The average molecular weight is 231 g/mol. The van der Waals surface area contributed by atoms with E-state index in [1.807, 2.05) is 0 Å². The molecule has 1 aliphatic carbocycles. The summed E-state index contributed by atoms with van der Waals surface area (Å²) in [5.74, 6) is 2.73. The first-order valence-corrected chi connectivity index (χ1v) is 8.09. The van der Waals surface area contributed by atoms with Gasteiger partial charge in [-0.15, -0.1) is 0 Å². The molecule has 1 aliphatic heterocycles. The number of hydrogen-bond acceptors (Lipinski definition) is 3. The van der Waals surface area contributed by atoms with Crippen molar-refractivity contribution in [1.29, 1.82) is 0 Å². The zero-order valence-corrected chi connectivity index (χ0v) is 10.7. The van der Waals surface area contributed by atoms with Crippen molar-refractivity contribution in [3.05, 3.63) is 0 Å². The Morgan fingerprint density at radius 2 is 2.07 bits per heavy atom. The maximum Gasteiger partial charge on any atom is 0.0281 e. The van der Waals surface area contributed by atoms with Crippen LogP contribution in [0.15, 0.2) is 0 Å². The summed E-state index contributed by atoms with van der Waals surface area (Å²) < 4.78 is 0.616. The van der Waals surface area contributed by atoms with Gasteiger partial charge in [0, 0.05) is 17.3 Å². The predicted octanol–water partition coefficient (Wildman–Crippen LogP) is 2.76. The Hall–Kier alpha value is 0.660. The fraction of sp³-hybridized carbons (Fsp3) is 1.00. The van der Waals surface area contributed by atoms with Crippen molar-refractivity contribution < 1.29 is 0 Å². The smallest absolute Gasteiger partial charge is 0.0281 e. The largest absolute Gasteiger partial charge is 0.313 e. The Morgan fingerprint density at radius 1 is 1.36 bits per heavy atom. The monoisotopic (exact) mass is 231 g/mol. The standard InChI is InChI=1S/C11H21NS2/c1-13-11(5-2-6-11)9-12-10-3-7-14-8-4-10/h10,12H,2-9H2,1H3. The maximum absolute atomic E-state index is 3.78. The molecular weight excluding hydrogens is 210 g/mol. The van der Waals surface area contributed by atoms with Crippen LogP contribution in [0.2, 0.25) is 0 Å². The molecule has 0 atom stereocenters. The zero-order valence-electron chi connectivity index (χ0n) is 9.05. The van der Waals surface area contributed by atoms with Crippen LogP contribution < -0.4 is 5.32 Å². The summed E-state index contributed by atoms with van der Waals surface area (Å²) in [7, 11) is 0. The average Bonchev–Trinajstić information content (AvgIpc) is 2.19. The van der Waals surface area contributed by atoms with E-state index in [0.717, 1.165) is 6.04 Å². The topological polar surface area (TPSA) is 12.0 Å². The summed E-state index contributed by atoms with van der Waals surface area (Å²) in [5, 5.41) is 3.78. The van der Waals surface area contributed by atoms with E-state index in [9.17, 15) is 0 Å². The van der Waals surface area contributed by atoms with Crippen LogP contribution in [0.3, 0.4) is 0 Å². The van der Waals surface area contributed by atoms with E-state index in [-0.39, 0.29) is 0 Å². The van der Waals surface area contributed by atoms with E-state index >= 15 is 0 Å². The number of nitrogens with one attached hydrogen (secondary N) is 1. The third-order valence-corrected chi connectivity index (χ3v) is 6.10. The summed E-state index contributed by atoms with van der Waals surface area (Å²) in [4.78, 5) is 0. The Morgan fingerprint density at radius 3 is 2.57 bits per heavy atom. The molecule has 2 rings (SSSR count). The molecule has 1 saturated heterocycles. The van der Waals surface area contributed by atoms with Gasteiger partial charge in [-0.25, -0.2) is 0 Å². The van der Waals surface area contributed by atoms with E-state index < -0.39 is 0 Å². The molecule has 1 nitrogen and oxygen atoms in total. The molecule has 0 bridgehead atoms. The lowest BCUT2D eigenvalue weighted by Crippen LogP contribution is -2.47. The van der Waals surface area contributed by atoms with Gasteiger partial charge in [0.05, 0.1) is 0 Å². The van der Waals surface area contributed by atoms with Crippen LogP contribution in [-0.4, -0.2) is 35.1 Å². The molecule has 3 heteroatoms. The molecule has 0 aromatic rings. The maximum atomic E-state index is 3.78. The van der Waals surface area contributed by atoms with Crippen molar-refractivity contribution in [3.8, 4) is 0 Å². The van der Waals surface area contributed by atoms with E-state index in [4.69, 9.17) is 0 Å². The number of thioether (sulfide) groups is 2. The van der Waals surface area contributed by atoms with E-state index in [1.165, 1.54) is 50.2 Å². The molecular formula is C11H21NS2. The van der Waals surface area contributed by atoms with Crippen LogP contribution in [-0.2, 0) is 0 Å². The minimum atomic E-state index is 0.616. The molecule has 2 aliphatic rings. The molecule has 1 saturated carbocycles. The van der Waals surface area contributed by atoms with Gasteiger partial charge in [-0.05, 0) is 43.4 Å². The fourth-order valence-electron chi connectivity index (χ4n) is 2.26. The third-order valence-electron chi connectivity index (χ3n) is 3.63. The van der Waals surface area contributed by atoms with Gasteiger partial charge in [0.25, 0.3) is 0 Å². The highest BCUT2D eigenvalue weighted by Gasteiger charge is 2.36. The highest BCUT2D eigenvalue weighted by molar-refractivity contribution is 8.00. The Bertz CT molecular complexity index is 169. The van der Waals surface area contributed by atoms with Gasteiger partial charge in [-0.1, -0.05) is 6.42 Å². The first kappa shape index (κ1) is 11.2. The lowest BCUT2D eigenvalue weighted by Gasteiger charge is -2.42. The highest BCUT2D eigenvalue weighted by atomic mass is 32.2. The van der Waals surface area contributed by atoms with Gasteiger partial charge in [-0.2, -0.15) is 23.5 Å². The lowest BCUT2D eigenvalue weighted by atomic mass is 9.84. The number of rotatable bonds is 4. The normalized spacial score (nSPS) is 27.2. The summed E-state index contributed by atoms with van der Waals surface area (Å²) >= 11 is 4.19. The van der Waals surface area contributed by atoms with Crippen LogP contribution in [0.25, 0.3) is 0 Å². The molecule has 0 spiro atoms. The van der Waals surface area contributed by atoms with Crippen molar-refractivity contribution in [3.63, 3.8) is 0 Å². The second kappa shape index (κ2) is 5.13. The van der Waals surface area contributed by atoms with Gasteiger partial charge in [0.15, 0.2) is 0 Å². The Balaban J connectivity index is 1.69. The van der Waals surface area contributed by atoms with Crippen LogP contribution in [0.1, 0.15) is 32.1 Å². The first-order valence-electron chi connectivity index (χ1n) is 5.71. The van der Waals surface area contributed by atoms with Crippen LogP contribution in [0.5, 0.6) is 0 Å². The predicted molar refractivity (Wildman–Crippen MR) is 68.4 cm³/mol. The molecule has 1 heterocycles. The molecule has 0 aromatic heterocycles. The summed E-state index contributed by atoms with van der Waals surface area (Å²) in [6, 6.07) is 0.820. The van der Waals surface area contributed by atoms with Crippen molar-refractivity contribution >= 4 is 23.5 Å². The molecule has 0 aromatic carbocycles. The fourth-order valence-corrected chi connectivity index (χ4v) is 4.29. The zero-order chi connectivity index (χ0) is 9.86. The van der Waals surface area contributed by atoms with Crippen LogP contribution >= 0.6 is 23.5 Å². The molecule has 1 N–H and O–H groups in total. The van der Waals surface area contributed by atoms with E-state index in [2.05, 4.69) is 35.1 Å². The molecule has 2 fully saturated rings. The van der Waals surface area contributed by atoms with Crippen LogP contribution in [0.4, 0.5) is 0 Å². The second-order valence-corrected chi connectivity index (χ2v) is 7.01. The van der Waals surface area contributed by atoms with E-state index in [1.54, 1.807) is 0 Å². The van der Waals surface area contributed by atoms with Gasteiger partial charge in [0.1, 0.15) is 0 Å². The summed E-state index contributed by atoms with van der Waals surface area (Å²) in [6.07, 6.45) is 9.36. The van der Waals surface area contributed by atoms with Crippen molar-refractivity contribution in [1.82, 2.24) is 5.32 Å². The van der Waals surface area contributed by atoms with Gasteiger partial charge < -0.3 is 5.32 Å². The molecule has 82 valence electrons.